The second-order valence-corrected chi connectivity index (χ2v) is 2.81. The van der Waals surface area contributed by atoms with Crippen LogP contribution in [0.25, 0.3) is 0 Å². The molecule has 0 atom stereocenters. The van der Waals surface area contributed by atoms with Gasteiger partial charge in [0.25, 0.3) is 0 Å². The van der Waals surface area contributed by atoms with Crippen molar-refractivity contribution < 1.29 is 14.3 Å². The number of carbonyl (C=O) groups is 1. The first kappa shape index (κ1) is 7.43. The molecule has 0 amide bonds. The van der Waals surface area contributed by atoms with Gasteiger partial charge in [-0.2, -0.15) is 0 Å². The fraction of sp³-hybridized carbons (Fsp3) is 0.125. The maximum atomic E-state index is 10.8. The molecule has 12 heavy (non-hydrogen) atoms. The third-order valence-corrected chi connectivity index (χ3v) is 1.84. The molecule has 0 saturated heterocycles. The lowest BCUT2D eigenvalue weighted by atomic mass is 10.2. The largest absolute Gasteiger partial charge is 0.514 e. The maximum absolute atomic E-state index is 10.8. The molecule has 0 radical (unpaired) electrons. The van der Waals surface area contributed by atoms with Crippen molar-refractivity contribution in [3.63, 3.8) is 0 Å². The van der Waals surface area contributed by atoms with Crippen LogP contribution in [0.3, 0.4) is 0 Å². The van der Waals surface area contributed by atoms with Crippen LogP contribution >= 0.6 is 11.6 Å². The summed E-state index contributed by atoms with van der Waals surface area (Å²) in [7, 11) is 0. The van der Waals surface area contributed by atoms with Crippen molar-refractivity contribution in [2.24, 2.45) is 0 Å². The molecule has 0 unspecified atom stereocenters. The molecule has 0 aromatic heterocycles. The highest BCUT2D eigenvalue weighted by atomic mass is 35.5. The minimum Gasteiger partial charge on any atom is -0.429 e. The Balaban J connectivity index is 2.50. The second kappa shape index (κ2) is 2.68. The first-order valence-electron chi connectivity index (χ1n) is 3.39. The van der Waals surface area contributed by atoms with Crippen LogP contribution in [0.15, 0.2) is 18.2 Å². The quantitative estimate of drug-likeness (QED) is 0.459. The van der Waals surface area contributed by atoms with Gasteiger partial charge < -0.3 is 9.47 Å². The lowest BCUT2D eigenvalue weighted by molar-refractivity contribution is 0.0908. The summed E-state index contributed by atoms with van der Waals surface area (Å²) in [5.74, 6) is 0.338. The van der Waals surface area contributed by atoms with Crippen LogP contribution in [0.5, 0.6) is 5.75 Å². The molecule has 1 aromatic rings. The molecule has 0 fully saturated rings. The fourth-order valence-electron chi connectivity index (χ4n) is 0.978. The fourth-order valence-corrected chi connectivity index (χ4v) is 1.22. The summed E-state index contributed by atoms with van der Waals surface area (Å²) in [5, 5.41) is 0.434. The van der Waals surface area contributed by atoms with Crippen LogP contribution in [0, 0.1) is 0 Å². The highest BCUT2D eigenvalue weighted by Crippen LogP contribution is 2.27. The summed E-state index contributed by atoms with van der Waals surface area (Å²) in [4.78, 5) is 10.8. The Morgan fingerprint density at radius 2 is 2.25 bits per heavy atom. The molecular weight excluding hydrogens is 180 g/mol. The van der Waals surface area contributed by atoms with E-state index in [0.717, 1.165) is 5.56 Å². The number of carbonyl (C=O) groups excluding carboxylic acids is 1. The Bertz CT molecular complexity index is 335. The van der Waals surface area contributed by atoms with Crippen molar-refractivity contribution in [1.29, 1.82) is 0 Å². The Morgan fingerprint density at radius 1 is 1.42 bits per heavy atom. The van der Waals surface area contributed by atoms with E-state index >= 15 is 0 Å². The van der Waals surface area contributed by atoms with Crippen molar-refractivity contribution >= 4 is 17.8 Å². The second-order valence-electron chi connectivity index (χ2n) is 2.41. The van der Waals surface area contributed by atoms with Gasteiger partial charge in [-0.3, -0.25) is 0 Å². The van der Waals surface area contributed by atoms with Crippen molar-refractivity contribution in [3.8, 4) is 5.75 Å². The third kappa shape index (κ3) is 1.23. The van der Waals surface area contributed by atoms with E-state index in [-0.39, 0.29) is 6.61 Å². The van der Waals surface area contributed by atoms with Crippen molar-refractivity contribution in [2.75, 3.05) is 0 Å². The number of hydrogen-bond acceptors (Lipinski definition) is 3. The average Bonchev–Trinajstić information content (AvgIpc) is 2.02. The number of fused-ring (bicyclic) bond motifs is 5. The number of halogens is 1. The van der Waals surface area contributed by atoms with Crippen molar-refractivity contribution in [3.05, 3.63) is 28.8 Å². The standard InChI is InChI=1S/C8H5ClO3/c9-6-3-5-1-2-7(6)12-8(10)11-4-5/h1-3H,4H2. The van der Waals surface area contributed by atoms with E-state index < -0.39 is 6.16 Å². The molecule has 0 spiro atoms. The number of rotatable bonds is 0. The minimum atomic E-state index is -0.710. The summed E-state index contributed by atoms with van der Waals surface area (Å²) in [6.07, 6.45) is -0.710. The number of benzene rings is 1. The predicted molar refractivity (Wildman–Crippen MR) is 42.3 cm³/mol. The van der Waals surface area contributed by atoms with Crippen LogP contribution in [0.4, 0.5) is 4.79 Å². The minimum absolute atomic E-state index is 0.207. The van der Waals surface area contributed by atoms with E-state index in [1.165, 1.54) is 0 Å². The zero-order chi connectivity index (χ0) is 8.55. The Hall–Kier alpha value is -1.22. The molecule has 2 aliphatic rings. The van der Waals surface area contributed by atoms with Gasteiger partial charge in [0.05, 0.1) is 5.02 Å². The van der Waals surface area contributed by atoms with E-state index in [9.17, 15) is 4.79 Å². The first-order valence-corrected chi connectivity index (χ1v) is 3.76. The molecule has 0 N–H and O–H groups in total. The summed E-state index contributed by atoms with van der Waals surface area (Å²) < 4.78 is 9.44. The number of ether oxygens (including phenoxy) is 2. The molecule has 62 valence electrons. The van der Waals surface area contributed by atoms with E-state index in [1.807, 2.05) is 0 Å². The Labute approximate surface area is 73.8 Å². The molecule has 3 nitrogen and oxygen atoms in total. The molecule has 2 bridgehead atoms. The monoisotopic (exact) mass is 184 g/mol. The van der Waals surface area contributed by atoms with Crippen LogP contribution in [-0.4, -0.2) is 6.16 Å². The Morgan fingerprint density at radius 3 is 3.00 bits per heavy atom. The third-order valence-electron chi connectivity index (χ3n) is 1.55. The topological polar surface area (TPSA) is 35.5 Å². The van der Waals surface area contributed by atoms with Gasteiger partial charge in [-0.1, -0.05) is 17.7 Å². The van der Waals surface area contributed by atoms with E-state index in [2.05, 4.69) is 0 Å². The smallest absolute Gasteiger partial charge is 0.429 e. The van der Waals surface area contributed by atoms with Crippen molar-refractivity contribution in [2.45, 2.75) is 6.61 Å². The van der Waals surface area contributed by atoms with Gasteiger partial charge in [0.2, 0.25) is 0 Å². The lowest BCUT2D eigenvalue weighted by Crippen LogP contribution is -2.13. The van der Waals surface area contributed by atoms with E-state index in [0.29, 0.717) is 10.8 Å². The zero-order valence-electron chi connectivity index (χ0n) is 6.04. The molecule has 0 saturated carbocycles. The van der Waals surface area contributed by atoms with E-state index in [4.69, 9.17) is 21.1 Å². The van der Waals surface area contributed by atoms with Crippen LogP contribution in [-0.2, 0) is 11.3 Å². The van der Waals surface area contributed by atoms with Crippen LogP contribution < -0.4 is 4.74 Å². The maximum Gasteiger partial charge on any atom is 0.514 e. The SMILES string of the molecule is O=C1OCc2ccc(c(Cl)c2)O1. The van der Waals surface area contributed by atoms with Crippen LogP contribution in [0.1, 0.15) is 5.56 Å². The van der Waals surface area contributed by atoms with Gasteiger partial charge >= 0.3 is 6.16 Å². The summed E-state index contributed by atoms with van der Waals surface area (Å²) in [6, 6.07) is 5.16. The first-order chi connectivity index (χ1) is 5.75. The molecular formula is C8H5ClO3. The van der Waals surface area contributed by atoms with E-state index in [1.54, 1.807) is 18.2 Å². The zero-order valence-corrected chi connectivity index (χ0v) is 6.80. The molecule has 4 heteroatoms. The highest BCUT2D eigenvalue weighted by Gasteiger charge is 2.14. The van der Waals surface area contributed by atoms with Crippen LogP contribution in [0.2, 0.25) is 5.02 Å². The molecule has 2 heterocycles. The predicted octanol–water partition coefficient (Wildman–Crippen LogP) is 2.37. The van der Waals surface area contributed by atoms with Gasteiger partial charge in [0, 0.05) is 0 Å². The normalized spacial score (nSPS) is 14.6. The Kier molecular flexibility index (Phi) is 1.66. The summed E-state index contributed by atoms with van der Waals surface area (Å²) in [6.45, 7) is 0.207. The van der Waals surface area contributed by atoms with Gasteiger partial charge in [0.1, 0.15) is 6.61 Å². The summed E-state index contributed by atoms with van der Waals surface area (Å²) >= 11 is 5.77. The van der Waals surface area contributed by atoms with Gasteiger partial charge in [-0.15, -0.1) is 0 Å². The lowest BCUT2D eigenvalue weighted by Gasteiger charge is -2.12. The molecule has 0 aliphatic carbocycles. The molecule has 2 aliphatic heterocycles. The van der Waals surface area contributed by atoms with Gasteiger partial charge in [-0.05, 0) is 17.7 Å². The summed E-state index contributed by atoms with van der Waals surface area (Å²) in [5.41, 5.74) is 0.861. The molecule has 1 aromatic carbocycles. The molecule has 3 rings (SSSR count). The van der Waals surface area contributed by atoms with Gasteiger partial charge in [-0.25, -0.2) is 4.79 Å². The van der Waals surface area contributed by atoms with Crippen molar-refractivity contribution in [1.82, 2.24) is 0 Å². The highest BCUT2D eigenvalue weighted by molar-refractivity contribution is 6.32. The average molecular weight is 185 g/mol. The van der Waals surface area contributed by atoms with Gasteiger partial charge in [0.15, 0.2) is 5.75 Å². The number of hydrogen-bond donors (Lipinski definition) is 0.